The number of rotatable bonds is 4. The summed E-state index contributed by atoms with van der Waals surface area (Å²) in [4.78, 5) is 22.2. The van der Waals surface area contributed by atoms with E-state index in [-0.39, 0.29) is 11.8 Å². The number of aliphatic imine (C=N–C) groups is 1. The number of nitrogens with zero attached hydrogens (tertiary/aromatic N) is 3. The van der Waals surface area contributed by atoms with Gasteiger partial charge in [-0.2, -0.15) is 0 Å². The van der Waals surface area contributed by atoms with E-state index >= 15 is 0 Å². The number of anilines is 1. The summed E-state index contributed by atoms with van der Waals surface area (Å²) in [6, 6.07) is 18.2. The zero-order valence-electron chi connectivity index (χ0n) is 17.9. The molecule has 2 aromatic carbocycles. The van der Waals surface area contributed by atoms with E-state index < -0.39 is 0 Å². The maximum Gasteiger partial charge on any atom is 0.293 e. The van der Waals surface area contributed by atoms with Crippen molar-refractivity contribution < 1.29 is 9.53 Å². The Morgan fingerprint density at radius 1 is 0.938 bits per heavy atom. The number of ether oxygens (including phenoxy) is 1. The number of hydrogen-bond donors (Lipinski definition) is 0. The summed E-state index contributed by atoms with van der Waals surface area (Å²) >= 11 is 6.35. The maximum absolute atomic E-state index is 13.2. The van der Waals surface area contributed by atoms with Crippen LogP contribution in [0.3, 0.4) is 0 Å². The third kappa shape index (κ3) is 3.84. The third-order valence-corrected chi connectivity index (χ3v) is 6.43. The van der Waals surface area contributed by atoms with E-state index in [1.54, 1.807) is 13.2 Å². The molecule has 2 aliphatic heterocycles. The van der Waals surface area contributed by atoms with Crippen molar-refractivity contribution in [1.82, 2.24) is 4.90 Å². The van der Waals surface area contributed by atoms with E-state index in [1.165, 1.54) is 0 Å². The van der Waals surface area contributed by atoms with E-state index in [4.69, 9.17) is 16.3 Å². The fourth-order valence-electron chi connectivity index (χ4n) is 4.56. The van der Waals surface area contributed by atoms with Gasteiger partial charge in [-0.1, -0.05) is 48.0 Å². The predicted octanol–water partition coefficient (Wildman–Crippen LogP) is 4.52. The number of allylic oxidation sites excluding steroid dienone is 5. The van der Waals surface area contributed by atoms with Crippen molar-refractivity contribution in [3.05, 3.63) is 89.1 Å². The number of fused-ring (bicyclic) bond motifs is 1. The third-order valence-electron chi connectivity index (χ3n) is 6.18. The Bertz CT molecular complexity index is 1140. The second-order valence-corrected chi connectivity index (χ2v) is 8.44. The molecule has 0 aromatic heterocycles. The minimum Gasteiger partial charge on any atom is -0.497 e. The molecule has 1 atom stereocenters. The lowest BCUT2D eigenvalue weighted by atomic mass is 9.82. The first kappa shape index (κ1) is 20.6. The van der Waals surface area contributed by atoms with Crippen LogP contribution in [0.15, 0.2) is 88.5 Å². The van der Waals surface area contributed by atoms with Crippen LogP contribution in [-0.2, 0) is 4.79 Å². The second-order valence-electron chi connectivity index (χ2n) is 8.00. The van der Waals surface area contributed by atoms with Crippen LogP contribution in [0, 0.1) is 5.92 Å². The number of hydrogen-bond acceptors (Lipinski definition) is 4. The molecular weight excluding hydrogens is 422 g/mol. The molecule has 162 valence electrons. The number of piperazine rings is 1. The van der Waals surface area contributed by atoms with Crippen molar-refractivity contribution in [3.8, 4) is 5.75 Å². The summed E-state index contributed by atoms with van der Waals surface area (Å²) in [6.07, 6.45) is 5.64. The van der Waals surface area contributed by atoms with Gasteiger partial charge in [-0.25, -0.2) is 4.99 Å². The molecule has 2 aromatic rings. The van der Waals surface area contributed by atoms with Gasteiger partial charge in [0.1, 0.15) is 11.4 Å². The highest BCUT2D eigenvalue weighted by atomic mass is 35.5. The number of carbonyl (C=O) groups is 1. The fraction of sp³-hybridized carbons (Fsp3) is 0.231. The monoisotopic (exact) mass is 445 g/mol. The summed E-state index contributed by atoms with van der Waals surface area (Å²) < 4.78 is 5.27. The van der Waals surface area contributed by atoms with Gasteiger partial charge in [-0.05, 0) is 42.0 Å². The van der Waals surface area contributed by atoms with E-state index in [9.17, 15) is 4.79 Å². The molecule has 3 aliphatic rings. The number of dihydropyridines is 1. The maximum atomic E-state index is 13.2. The van der Waals surface area contributed by atoms with Crippen LogP contribution >= 0.6 is 11.6 Å². The van der Waals surface area contributed by atoms with Crippen molar-refractivity contribution in [2.45, 2.75) is 0 Å². The molecule has 1 amide bonds. The fourth-order valence-corrected chi connectivity index (χ4v) is 4.75. The molecule has 0 saturated carbocycles. The molecule has 1 saturated heterocycles. The van der Waals surface area contributed by atoms with Gasteiger partial charge in [0.15, 0.2) is 0 Å². The molecule has 1 aliphatic carbocycles. The van der Waals surface area contributed by atoms with Gasteiger partial charge in [-0.3, -0.25) is 4.79 Å². The Morgan fingerprint density at radius 3 is 2.31 bits per heavy atom. The number of methoxy groups -OCH3 is 1. The summed E-state index contributed by atoms with van der Waals surface area (Å²) in [7, 11) is 1.67. The van der Waals surface area contributed by atoms with Crippen molar-refractivity contribution in [2.75, 3.05) is 38.2 Å². The summed E-state index contributed by atoms with van der Waals surface area (Å²) in [5, 5.41) is 0.667. The van der Waals surface area contributed by atoms with E-state index in [2.05, 4.69) is 39.1 Å². The average Bonchev–Trinajstić information content (AvgIpc) is 2.84. The molecule has 6 heteroatoms. The largest absolute Gasteiger partial charge is 0.497 e. The molecule has 0 radical (unpaired) electrons. The molecule has 32 heavy (non-hydrogen) atoms. The molecule has 2 heterocycles. The van der Waals surface area contributed by atoms with Crippen molar-refractivity contribution in [3.63, 3.8) is 0 Å². The molecule has 1 fully saturated rings. The lowest BCUT2D eigenvalue weighted by Gasteiger charge is -2.40. The number of carbonyl (C=O) groups excluding carboxylic acids is 1. The van der Waals surface area contributed by atoms with Crippen molar-refractivity contribution in [1.29, 1.82) is 0 Å². The van der Waals surface area contributed by atoms with Crippen LogP contribution < -0.4 is 9.64 Å². The number of amides is 1. The van der Waals surface area contributed by atoms with Crippen LogP contribution in [0.2, 0.25) is 0 Å². The Morgan fingerprint density at radius 2 is 1.62 bits per heavy atom. The summed E-state index contributed by atoms with van der Waals surface area (Å²) in [5.41, 5.74) is 4.61. The van der Waals surface area contributed by atoms with E-state index in [1.807, 2.05) is 42.5 Å². The highest BCUT2D eigenvalue weighted by Gasteiger charge is 2.35. The molecule has 5 rings (SSSR count). The summed E-state index contributed by atoms with van der Waals surface area (Å²) in [6.45, 7) is 3.13. The molecule has 0 bridgehead atoms. The second kappa shape index (κ2) is 8.67. The first-order valence-electron chi connectivity index (χ1n) is 10.8. The van der Waals surface area contributed by atoms with Crippen LogP contribution in [-0.4, -0.2) is 49.8 Å². The highest BCUT2D eigenvalue weighted by molar-refractivity contribution is 6.33. The molecule has 0 spiro atoms. The Labute approximate surface area is 193 Å². The van der Waals surface area contributed by atoms with Gasteiger partial charge in [0.05, 0.1) is 12.8 Å². The van der Waals surface area contributed by atoms with Crippen LogP contribution in [0.1, 0.15) is 5.56 Å². The Kier molecular flexibility index (Phi) is 5.58. The average molecular weight is 446 g/mol. The number of halogens is 1. The molecule has 5 nitrogen and oxygen atoms in total. The van der Waals surface area contributed by atoms with Crippen LogP contribution in [0.5, 0.6) is 5.75 Å². The zero-order chi connectivity index (χ0) is 22.1. The molecule has 0 N–H and O–H groups in total. The molecule has 1 unspecified atom stereocenters. The van der Waals surface area contributed by atoms with Gasteiger partial charge < -0.3 is 14.5 Å². The Balaban J connectivity index is 1.46. The molecular formula is C26H24ClN3O2. The lowest BCUT2D eigenvalue weighted by Crippen LogP contribution is -2.48. The van der Waals surface area contributed by atoms with Gasteiger partial charge >= 0.3 is 0 Å². The smallest absolute Gasteiger partial charge is 0.293 e. The van der Waals surface area contributed by atoms with Gasteiger partial charge in [0.2, 0.25) is 0 Å². The first-order valence-corrected chi connectivity index (χ1v) is 11.1. The quantitative estimate of drug-likeness (QED) is 0.694. The first-order chi connectivity index (χ1) is 15.6. The zero-order valence-corrected chi connectivity index (χ0v) is 18.6. The van der Waals surface area contributed by atoms with Crippen molar-refractivity contribution >= 4 is 34.5 Å². The van der Waals surface area contributed by atoms with Gasteiger partial charge in [0.25, 0.3) is 5.91 Å². The Hall–Kier alpha value is -3.31. The SMILES string of the molecule is COc1ccc(N2CCN(C3=C(c4ccccc4)C4C=C(Cl)C=CC4=NC3=O)CC2)cc1. The van der Waals surface area contributed by atoms with Crippen molar-refractivity contribution in [2.24, 2.45) is 10.9 Å². The van der Waals surface area contributed by atoms with Crippen LogP contribution in [0.4, 0.5) is 5.69 Å². The van der Waals surface area contributed by atoms with E-state index in [0.717, 1.165) is 54.5 Å². The standard InChI is InChI=1S/C26H24ClN3O2/c1-32-21-10-8-20(9-11-21)29-13-15-30(16-14-29)25-24(18-5-3-2-4-6-18)22-17-19(27)7-12-23(22)28-26(25)31/h2-12,17,22H,13-16H2,1H3. The minimum absolute atomic E-state index is 0.123. The van der Waals surface area contributed by atoms with Gasteiger partial charge in [-0.15, -0.1) is 0 Å². The van der Waals surface area contributed by atoms with Crippen LogP contribution in [0.25, 0.3) is 5.57 Å². The topological polar surface area (TPSA) is 45.1 Å². The predicted molar refractivity (Wildman–Crippen MR) is 129 cm³/mol. The minimum atomic E-state index is -0.177. The normalized spacial score (nSPS) is 20.7. The van der Waals surface area contributed by atoms with E-state index in [0.29, 0.717) is 10.7 Å². The van der Waals surface area contributed by atoms with Gasteiger partial charge in [0, 0.05) is 48.4 Å². The number of benzene rings is 2. The summed E-state index contributed by atoms with van der Waals surface area (Å²) in [5.74, 6) is 0.547. The highest BCUT2D eigenvalue weighted by Crippen LogP contribution is 2.38. The lowest BCUT2D eigenvalue weighted by molar-refractivity contribution is -0.115.